The van der Waals surface area contributed by atoms with Crippen LogP contribution in [0.25, 0.3) is 0 Å². The maximum absolute atomic E-state index is 10.3. The van der Waals surface area contributed by atoms with Gasteiger partial charge in [-0.3, -0.25) is 4.79 Å². The number of carbonyl (C=O) groups is 1. The Morgan fingerprint density at radius 3 is 2.11 bits per heavy atom. The Labute approximate surface area is 116 Å². The largest absolute Gasteiger partial charge is 0.481 e. The number of rotatable bonds is 11. The fraction of sp³-hybridized carbons (Fsp3) is 0.529. The third kappa shape index (κ3) is 9.29. The van der Waals surface area contributed by atoms with Gasteiger partial charge in [0, 0.05) is 0 Å². The molecule has 1 aromatic carbocycles. The van der Waals surface area contributed by atoms with E-state index in [0.29, 0.717) is 6.42 Å². The Bertz CT molecular complexity index is 332. The van der Waals surface area contributed by atoms with Gasteiger partial charge in [0.1, 0.15) is 0 Å². The van der Waals surface area contributed by atoms with Gasteiger partial charge in [-0.15, -0.1) is 0 Å². The highest BCUT2D eigenvalue weighted by atomic mass is 16.4. The van der Waals surface area contributed by atoms with E-state index >= 15 is 0 Å². The summed E-state index contributed by atoms with van der Waals surface area (Å²) in [5.41, 5.74) is 1.44. The SMILES string of the molecule is O=C(O)[CH]CCCCCCCCCc1ccccc1. The summed E-state index contributed by atoms with van der Waals surface area (Å²) >= 11 is 0. The Morgan fingerprint density at radius 2 is 1.47 bits per heavy atom. The van der Waals surface area contributed by atoms with Crippen molar-refractivity contribution in [1.29, 1.82) is 0 Å². The van der Waals surface area contributed by atoms with Crippen molar-refractivity contribution in [3.63, 3.8) is 0 Å². The van der Waals surface area contributed by atoms with E-state index < -0.39 is 5.97 Å². The van der Waals surface area contributed by atoms with E-state index in [-0.39, 0.29) is 0 Å². The molecular formula is C17H25O2. The van der Waals surface area contributed by atoms with Crippen LogP contribution in [0.5, 0.6) is 0 Å². The van der Waals surface area contributed by atoms with E-state index in [1.807, 2.05) is 0 Å². The minimum atomic E-state index is -0.791. The minimum absolute atomic E-state index is 0.712. The molecule has 2 heteroatoms. The summed E-state index contributed by atoms with van der Waals surface area (Å²) < 4.78 is 0. The van der Waals surface area contributed by atoms with Gasteiger partial charge in [-0.2, -0.15) is 0 Å². The molecule has 1 aromatic rings. The number of aryl methyl sites for hydroxylation is 1. The molecule has 105 valence electrons. The lowest BCUT2D eigenvalue weighted by atomic mass is 10.0. The quantitative estimate of drug-likeness (QED) is 0.589. The van der Waals surface area contributed by atoms with Crippen molar-refractivity contribution >= 4 is 5.97 Å². The number of unbranched alkanes of at least 4 members (excludes halogenated alkanes) is 7. The molecule has 0 saturated carbocycles. The molecule has 0 unspecified atom stereocenters. The Hall–Kier alpha value is -1.31. The second-order valence-electron chi connectivity index (χ2n) is 5.04. The van der Waals surface area contributed by atoms with Crippen molar-refractivity contribution in [2.45, 2.75) is 57.8 Å². The van der Waals surface area contributed by atoms with Crippen LogP contribution in [-0.4, -0.2) is 11.1 Å². The molecule has 19 heavy (non-hydrogen) atoms. The van der Waals surface area contributed by atoms with E-state index in [2.05, 4.69) is 30.3 Å². The van der Waals surface area contributed by atoms with Crippen LogP contribution < -0.4 is 0 Å². The molecule has 0 bridgehead atoms. The summed E-state index contributed by atoms with van der Waals surface area (Å²) in [5.74, 6) is -0.791. The second-order valence-corrected chi connectivity index (χ2v) is 5.04. The Morgan fingerprint density at radius 1 is 0.895 bits per heavy atom. The molecule has 2 nitrogen and oxygen atoms in total. The zero-order valence-corrected chi connectivity index (χ0v) is 11.7. The summed E-state index contributed by atoms with van der Waals surface area (Å²) in [6, 6.07) is 10.6. The van der Waals surface area contributed by atoms with Crippen LogP contribution in [0.1, 0.15) is 56.9 Å². The maximum atomic E-state index is 10.3. The highest BCUT2D eigenvalue weighted by molar-refractivity contribution is 5.76. The van der Waals surface area contributed by atoms with Gasteiger partial charge in [-0.1, -0.05) is 68.9 Å². The van der Waals surface area contributed by atoms with Crippen LogP contribution in [0, 0.1) is 6.42 Å². The van der Waals surface area contributed by atoms with Gasteiger partial charge in [-0.25, -0.2) is 0 Å². The van der Waals surface area contributed by atoms with Crippen molar-refractivity contribution < 1.29 is 9.90 Å². The van der Waals surface area contributed by atoms with E-state index in [0.717, 1.165) is 12.8 Å². The smallest absolute Gasteiger partial charge is 0.307 e. The third-order valence-corrected chi connectivity index (χ3v) is 3.33. The van der Waals surface area contributed by atoms with Gasteiger partial charge < -0.3 is 5.11 Å². The first-order valence-electron chi connectivity index (χ1n) is 7.39. The number of benzene rings is 1. The molecule has 0 fully saturated rings. The topological polar surface area (TPSA) is 37.3 Å². The number of aliphatic carboxylic acids is 1. The molecule has 0 aromatic heterocycles. The van der Waals surface area contributed by atoms with E-state index in [1.165, 1.54) is 50.5 Å². The van der Waals surface area contributed by atoms with E-state index in [1.54, 1.807) is 0 Å². The van der Waals surface area contributed by atoms with Gasteiger partial charge in [0.25, 0.3) is 0 Å². The van der Waals surface area contributed by atoms with Crippen molar-refractivity contribution in [1.82, 2.24) is 0 Å². The lowest BCUT2D eigenvalue weighted by Crippen LogP contribution is -1.94. The van der Waals surface area contributed by atoms with Crippen LogP contribution in [0.3, 0.4) is 0 Å². The van der Waals surface area contributed by atoms with Crippen LogP contribution in [0.2, 0.25) is 0 Å². The summed E-state index contributed by atoms with van der Waals surface area (Å²) in [6.45, 7) is 0. The third-order valence-electron chi connectivity index (χ3n) is 3.33. The molecule has 0 atom stereocenters. The fourth-order valence-corrected chi connectivity index (χ4v) is 2.23. The standard InChI is InChI=1S/C17H25O2/c18-17(19)15-11-6-4-2-1-3-5-8-12-16-13-9-7-10-14-16/h7,9-10,13-15H,1-6,8,11-12H2,(H,18,19). The molecule has 0 aliphatic carbocycles. The van der Waals surface area contributed by atoms with Crippen LogP contribution in [0.4, 0.5) is 0 Å². The fourth-order valence-electron chi connectivity index (χ4n) is 2.23. The number of carboxylic acid groups (broad SMARTS) is 1. The van der Waals surface area contributed by atoms with Crippen LogP contribution >= 0.6 is 0 Å². The average molecular weight is 261 g/mol. The van der Waals surface area contributed by atoms with Crippen molar-refractivity contribution in [3.8, 4) is 0 Å². The Balaban J connectivity index is 1.83. The summed E-state index contributed by atoms with van der Waals surface area (Å²) in [7, 11) is 0. The Kier molecular flexibility index (Phi) is 8.78. The highest BCUT2D eigenvalue weighted by Gasteiger charge is 1.97. The molecule has 1 radical (unpaired) electrons. The predicted molar refractivity (Wildman–Crippen MR) is 79.0 cm³/mol. The number of hydrogen-bond donors (Lipinski definition) is 1. The van der Waals surface area contributed by atoms with Crippen LogP contribution in [0.15, 0.2) is 30.3 Å². The lowest BCUT2D eigenvalue weighted by Gasteiger charge is -2.02. The minimum Gasteiger partial charge on any atom is -0.481 e. The number of carboxylic acids is 1. The van der Waals surface area contributed by atoms with Crippen molar-refractivity contribution in [2.24, 2.45) is 0 Å². The lowest BCUT2D eigenvalue weighted by molar-refractivity contribution is -0.133. The van der Waals surface area contributed by atoms with Gasteiger partial charge in [0.2, 0.25) is 0 Å². The zero-order valence-electron chi connectivity index (χ0n) is 11.7. The maximum Gasteiger partial charge on any atom is 0.307 e. The molecular weight excluding hydrogens is 236 g/mol. The highest BCUT2D eigenvalue weighted by Crippen LogP contribution is 2.11. The summed E-state index contributed by atoms with van der Waals surface area (Å²) in [4.78, 5) is 10.3. The average Bonchev–Trinajstić information content (AvgIpc) is 2.42. The van der Waals surface area contributed by atoms with Gasteiger partial charge in [-0.05, 0) is 24.8 Å². The van der Waals surface area contributed by atoms with Gasteiger partial charge in [0.15, 0.2) is 0 Å². The number of hydrogen-bond acceptors (Lipinski definition) is 1. The molecule has 0 amide bonds. The van der Waals surface area contributed by atoms with Gasteiger partial charge >= 0.3 is 5.97 Å². The van der Waals surface area contributed by atoms with E-state index in [4.69, 9.17) is 5.11 Å². The predicted octanol–water partition coefficient (Wildman–Crippen LogP) is 4.64. The van der Waals surface area contributed by atoms with Crippen molar-refractivity contribution in [2.75, 3.05) is 0 Å². The molecule has 0 aliphatic heterocycles. The molecule has 0 aliphatic rings. The molecule has 0 heterocycles. The molecule has 0 spiro atoms. The molecule has 1 N–H and O–H groups in total. The van der Waals surface area contributed by atoms with Crippen molar-refractivity contribution in [3.05, 3.63) is 42.3 Å². The monoisotopic (exact) mass is 261 g/mol. The summed E-state index contributed by atoms with van der Waals surface area (Å²) in [5, 5.41) is 8.45. The molecule has 1 rings (SSSR count). The zero-order chi connectivity index (χ0) is 13.8. The normalized spacial score (nSPS) is 10.5. The first kappa shape index (κ1) is 15.7. The molecule has 0 saturated heterocycles. The van der Waals surface area contributed by atoms with E-state index in [9.17, 15) is 4.79 Å². The summed E-state index contributed by atoms with van der Waals surface area (Å²) in [6.07, 6.45) is 11.8. The second kappa shape index (κ2) is 10.6. The first-order chi connectivity index (χ1) is 9.29. The first-order valence-corrected chi connectivity index (χ1v) is 7.39. The van der Waals surface area contributed by atoms with Crippen LogP contribution in [-0.2, 0) is 11.2 Å². The van der Waals surface area contributed by atoms with Gasteiger partial charge in [0.05, 0.1) is 6.42 Å².